The summed E-state index contributed by atoms with van der Waals surface area (Å²) in [6, 6.07) is 13.1. The number of ether oxygens (including phenoxy) is 2. The zero-order valence-electron chi connectivity index (χ0n) is 16.0. The van der Waals surface area contributed by atoms with Crippen molar-refractivity contribution in [3.63, 3.8) is 0 Å². The monoisotopic (exact) mass is 413 g/mol. The fourth-order valence-corrected chi connectivity index (χ4v) is 3.58. The average molecular weight is 413 g/mol. The minimum Gasteiger partial charge on any atom is -0.486 e. The van der Waals surface area contributed by atoms with Gasteiger partial charge in [-0.3, -0.25) is 4.79 Å². The fourth-order valence-electron chi connectivity index (χ4n) is 3.58. The van der Waals surface area contributed by atoms with Crippen LogP contribution in [-0.2, 0) is 0 Å². The second-order valence-corrected chi connectivity index (χ2v) is 7.01. The average Bonchev–Trinajstić information content (AvgIpc) is 3.16. The third kappa shape index (κ3) is 3.01. The standard InChI is InChI=1S/C21H15N7O3/c29-20-12(7-11-8-16-17(9-15(11)24-20)31-6-5-30-16)10-22-27-21-25-19-18(26-28-21)13-3-1-2-4-14(13)23-19/h1-4,7-10H,5-6H2,(H,24,29)(H2,23,25,27,28)/b22-10-. The molecule has 3 N–H and O–H groups in total. The van der Waals surface area contributed by atoms with Crippen molar-refractivity contribution in [2.24, 2.45) is 5.10 Å². The van der Waals surface area contributed by atoms with Gasteiger partial charge in [-0.15, -0.1) is 10.2 Å². The number of aromatic amines is 2. The van der Waals surface area contributed by atoms with E-state index in [2.05, 4.69) is 35.7 Å². The van der Waals surface area contributed by atoms with Crippen LogP contribution >= 0.6 is 0 Å². The Kier molecular flexibility index (Phi) is 3.82. The van der Waals surface area contributed by atoms with Crippen LogP contribution in [0.15, 0.2) is 52.4 Å². The quantitative estimate of drug-likeness (QED) is 0.306. The molecule has 0 spiro atoms. The molecule has 0 radical (unpaired) electrons. The number of pyridine rings is 1. The molecule has 0 unspecified atom stereocenters. The molecule has 1 aliphatic rings. The maximum atomic E-state index is 12.4. The molecular weight excluding hydrogens is 398 g/mol. The number of hydrogen-bond donors (Lipinski definition) is 3. The molecule has 0 saturated carbocycles. The first kappa shape index (κ1) is 17.4. The van der Waals surface area contributed by atoms with Crippen LogP contribution in [-0.4, -0.2) is 44.6 Å². The number of anilines is 1. The Hall–Kier alpha value is -4.47. The van der Waals surface area contributed by atoms with Crippen molar-refractivity contribution in [3.05, 3.63) is 58.4 Å². The number of nitrogens with one attached hydrogen (secondary N) is 3. The van der Waals surface area contributed by atoms with Crippen molar-refractivity contribution in [1.29, 1.82) is 0 Å². The highest BCUT2D eigenvalue weighted by Gasteiger charge is 2.14. The van der Waals surface area contributed by atoms with Crippen LogP contribution in [0.25, 0.3) is 33.0 Å². The van der Waals surface area contributed by atoms with Crippen molar-refractivity contribution in [1.82, 2.24) is 25.1 Å². The highest BCUT2D eigenvalue weighted by Crippen LogP contribution is 2.33. The van der Waals surface area contributed by atoms with Gasteiger partial charge < -0.3 is 19.4 Å². The Morgan fingerprint density at radius 1 is 1.00 bits per heavy atom. The molecule has 0 saturated heterocycles. The minimum atomic E-state index is -0.278. The van der Waals surface area contributed by atoms with E-state index in [1.54, 1.807) is 12.1 Å². The largest absolute Gasteiger partial charge is 0.486 e. The molecule has 2 aromatic carbocycles. The summed E-state index contributed by atoms with van der Waals surface area (Å²) in [5.74, 6) is 1.49. The van der Waals surface area contributed by atoms with Crippen molar-refractivity contribution in [2.45, 2.75) is 0 Å². The van der Waals surface area contributed by atoms with E-state index in [9.17, 15) is 4.79 Å². The maximum absolute atomic E-state index is 12.4. The maximum Gasteiger partial charge on any atom is 0.265 e. The molecule has 0 aliphatic carbocycles. The van der Waals surface area contributed by atoms with Gasteiger partial charge in [0.05, 0.1) is 17.3 Å². The lowest BCUT2D eigenvalue weighted by atomic mass is 10.1. The smallest absolute Gasteiger partial charge is 0.265 e. The number of nitrogens with zero attached hydrogens (tertiary/aromatic N) is 4. The second-order valence-electron chi connectivity index (χ2n) is 7.01. The number of aromatic nitrogens is 5. The predicted molar refractivity (Wildman–Crippen MR) is 116 cm³/mol. The normalized spacial score (nSPS) is 13.4. The Bertz CT molecular complexity index is 1550. The fraction of sp³-hybridized carbons (Fsp3) is 0.0952. The van der Waals surface area contributed by atoms with E-state index in [0.717, 1.165) is 16.3 Å². The molecule has 1 aliphatic heterocycles. The number of rotatable bonds is 3. The second kappa shape index (κ2) is 6.80. The molecule has 0 fully saturated rings. The van der Waals surface area contributed by atoms with E-state index in [0.29, 0.717) is 47.0 Å². The number of hydrazone groups is 1. The van der Waals surface area contributed by atoms with Gasteiger partial charge in [0, 0.05) is 22.4 Å². The molecule has 5 aromatic rings. The molecule has 0 bridgehead atoms. The van der Waals surface area contributed by atoms with Crippen molar-refractivity contribution in [2.75, 3.05) is 18.6 Å². The van der Waals surface area contributed by atoms with Gasteiger partial charge in [-0.05, 0) is 18.2 Å². The molecular formula is C21H15N7O3. The summed E-state index contributed by atoms with van der Waals surface area (Å²) in [6.45, 7) is 0.981. The Morgan fingerprint density at radius 3 is 2.74 bits per heavy atom. The lowest BCUT2D eigenvalue weighted by Crippen LogP contribution is -2.16. The summed E-state index contributed by atoms with van der Waals surface area (Å²) in [6.07, 6.45) is 1.41. The highest BCUT2D eigenvalue weighted by atomic mass is 16.6. The van der Waals surface area contributed by atoms with Crippen LogP contribution in [0.3, 0.4) is 0 Å². The zero-order valence-corrected chi connectivity index (χ0v) is 16.0. The number of H-pyrrole nitrogens is 2. The summed E-state index contributed by atoms with van der Waals surface area (Å²) in [5.41, 5.74) is 5.70. The van der Waals surface area contributed by atoms with Crippen LogP contribution in [0.4, 0.5) is 5.95 Å². The van der Waals surface area contributed by atoms with Crippen LogP contribution in [0.2, 0.25) is 0 Å². The summed E-state index contributed by atoms with van der Waals surface area (Å²) < 4.78 is 11.2. The van der Waals surface area contributed by atoms with Gasteiger partial charge in [0.15, 0.2) is 17.1 Å². The first-order valence-electron chi connectivity index (χ1n) is 9.61. The number of benzene rings is 2. The summed E-state index contributed by atoms with van der Waals surface area (Å²) in [4.78, 5) is 22.9. The Labute approximate surface area is 173 Å². The van der Waals surface area contributed by atoms with Gasteiger partial charge in [-0.1, -0.05) is 18.2 Å². The van der Waals surface area contributed by atoms with Gasteiger partial charge in [-0.25, -0.2) is 5.43 Å². The lowest BCUT2D eigenvalue weighted by molar-refractivity contribution is 0.172. The predicted octanol–water partition coefficient (Wildman–Crippen LogP) is 2.56. The number of para-hydroxylation sites is 1. The summed E-state index contributed by atoms with van der Waals surface area (Å²) in [7, 11) is 0. The zero-order chi connectivity index (χ0) is 20.8. The lowest BCUT2D eigenvalue weighted by Gasteiger charge is -2.18. The highest BCUT2D eigenvalue weighted by molar-refractivity contribution is 6.03. The molecule has 31 heavy (non-hydrogen) atoms. The molecule has 4 heterocycles. The van der Waals surface area contributed by atoms with E-state index in [1.165, 1.54) is 6.21 Å². The van der Waals surface area contributed by atoms with Crippen molar-refractivity contribution >= 4 is 45.1 Å². The molecule has 6 rings (SSSR count). The third-order valence-electron chi connectivity index (χ3n) is 5.03. The topological polar surface area (TPSA) is 130 Å². The van der Waals surface area contributed by atoms with Gasteiger partial charge in [0.1, 0.15) is 18.7 Å². The van der Waals surface area contributed by atoms with Crippen LogP contribution < -0.4 is 20.5 Å². The number of fused-ring (bicyclic) bond motifs is 5. The van der Waals surface area contributed by atoms with Gasteiger partial charge in [0.25, 0.3) is 11.5 Å². The Balaban J connectivity index is 1.29. The SMILES string of the molecule is O=c1[nH]c2cc3c(cc2cc1/C=N\Nc1nnc2c(n1)[nH]c1ccccc12)OCCO3. The van der Waals surface area contributed by atoms with Gasteiger partial charge >= 0.3 is 0 Å². The molecule has 3 aromatic heterocycles. The number of hydrogen-bond acceptors (Lipinski definition) is 8. The Morgan fingerprint density at radius 2 is 1.84 bits per heavy atom. The third-order valence-corrected chi connectivity index (χ3v) is 5.03. The first-order valence-corrected chi connectivity index (χ1v) is 9.61. The molecule has 0 amide bonds. The minimum absolute atomic E-state index is 0.215. The summed E-state index contributed by atoms with van der Waals surface area (Å²) in [5, 5.41) is 14.1. The summed E-state index contributed by atoms with van der Waals surface area (Å²) >= 11 is 0. The van der Waals surface area contributed by atoms with Gasteiger partial charge in [-0.2, -0.15) is 10.1 Å². The van der Waals surface area contributed by atoms with Crippen LogP contribution in [0, 0.1) is 0 Å². The van der Waals surface area contributed by atoms with Crippen molar-refractivity contribution < 1.29 is 9.47 Å². The van der Waals surface area contributed by atoms with E-state index >= 15 is 0 Å². The van der Waals surface area contributed by atoms with E-state index in [4.69, 9.17) is 9.47 Å². The van der Waals surface area contributed by atoms with Crippen molar-refractivity contribution in [3.8, 4) is 11.5 Å². The van der Waals surface area contributed by atoms with E-state index < -0.39 is 0 Å². The van der Waals surface area contributed by atoms with Gasteiger partial charge in [0.2, 0.25) is 0 Å². The molecule has 10 nitrogen and oxygen atoms in total. The van der Waals surface area contributed by atoms with Crippen LogP contribution in [0.1, 0.15) is 5.56 Å². The molecule has 152 valence electrons. The molecule has 0 atom stereocenters. The van der Waals surface area contributed by atoms with E-state index in [-0.39, 0.29) is 11.5 Å². The first-order chi connectivity index (χ1) is 15.2. The van der Waals surface area contributed by atoms with E-state index in [1.807, 2.05) is 30.3 Å². The molecule has 10 heteroatoms. The van der Waals surface area contributed by atoms with Crippen LogP contribution in [0.5, 0.6) is 11.5 Å².